The summed E-state index contributed by atoms with van der Waals surface area (Å²) >= 11 is 0. The van der Waals surface area contributed by atoms with Gasteiger partial charge in [-0.1, -0.05) is 25.3 Å². The third-order valence-corrected chi connectivity index (χ3v) is 5.97. The van der Waals surface area contributed by atoms with Crippen LogP contribution < -0.4 is 10.5 Å². The number of hydrogen-bond acceptors (Lipinski definition) is 5. The van der Waals surface area contributed by atoms with Crippen molar-refractivity contribution in [3.8, 4) is 0 Å². The number of rotatable bonds is 6. The van der Waals surface area contributed by atoms with Crippen LogP contribution in [0.2, 0.25) is 0 Å². The van der Waals surface area contributed by atoms with Crippen LogP contribution in [0, 0.1) is 11.7 Å². The highest BCUT2D eigenvalue weighted by Gasteiger charge is 2.31. The summed E-state index contributed by atoms with van der Waals surface area (Å²) in [5.41, 5.74) is 5.16. The normalized spacial score (nSPS) is 17.5. The number of methoxy groups -OCH3 is 1. The fourth-order valence-corrected chi connectivity index (χ4v) is 4.69. The van der Waals surface area contributed by atoms with Gasteiger partial charge in [-0.25, -0.2) is 22.3 Å². The molecule has 0 heterocycles. The summed E-state index contributed by atoms with van der Waals surface area (Å²) in [5, 5.41) is 0. The number of carbonyl (C=O) groups is 1. The summed E-state index contributed by atoms with van der Waals surface area (Å²) in [5.74, 6) is -1.82. The molecular weight excluding hydrogens is 335 g/mol. The molecule has 8 heteroatoms. The molecule has 134 valence electrons. The molecule has 1 fully saturated rings. The van der Waals surface area contributed by atoms with Crippen LogP contribution in [-0.4, -0.2) is 34.1 Å². The van der Waals surface area contributed by atoms with Crippen LogP contribution in [0.5, 0.6) is 0 Å². The largest absolute Gasteiger partial charge is 0.465 e. The molecule has 0 radical (unpaired) electrons. The summed E-state index contributed by atoms with van der Waals surface area (Å²) in [7, 11) is -3.03. The Bertz CT molecular complexity index is 687. The Morgan fingerprint density at radius 2 is 2.04 bits per heavy atom. The average Bonchev–Trinajstić information content (AvgIpc) is 2.59. The Kier molecular flexibility index (Phi) is 6.31. The molecule has 24 heavy (non-hydrogen) atoms. The molecule has 2 rings (SSSR count). The molecule has 0 bridgehead atoms. The lowest BCUT2D eigenvalue weighted by Gasteiger charge is -2.30. The number of nitrogens with two attached hydrogens (primary N) is 1. The van der Waals surface area contributed by atoms with E-state index in [0.29, 0.717) is 0 Å². The molecule has 0 saturated heterocycles. The molecule has 6 nitrogen and oxygen atoms in total. The second-order valence-electron chi connectivity index (χ2n) is 5.97. The Balaban J connectivity index is 2.33. The number of carbonyl (C=O) groups excluding carboxylic acids is 1. The first-order valence-electron chi connectivity index (χ1n) is 8.00. The van der Waals surface area contributed by atoms with Crippen LogP contribution in [0.25, 0.3) is 0 Å². The number of benzene rings is 1. The molecule has 1 atom stereocenters. The molecule has 0 aromatic heterocycles. The second kappa shape index (κ2) is 8.04. The minimum absolute atomic E-state index is 0.146. The minimum Gasteiger partial charge on any atom is -0.465 e. The maximum atomic E-state index is 14.0. The molecule has 1 aromatic rings. The Morgan fingerprint density at radius 3 is 2.62 bits per heavy atom. The summed E-state index contributed by atoms with van der Waals surface area (Å²) in [4.78, 5) is 11.4. The van der Waals surface area contributed by atoms with Gasteiger partial charge in [-0.2, -0.15) is 0 Å². The molecule has 0 spiro atoms. The van der Waals surface area contributed by atoms with Crippen molar-refractivity contribution in [2.75, 3.05) is 13.7 Å². The number of sulfonamides is 1. The van der Waals surface area contributed by atoms with E-state index in [0.717, 1.165) is 45.3 Å². The molecule has 1 aliphatic carbocycles. The molecule has 3 N–H and O–H groups in total. The highest BCUT2D eigenvalue weighted by Crippen LogP contribution is 2.28. The lowest BCUT2D eigenvalue weighted by atomic mass is 9.84. The van der Waals surface area contributed by atoms with Crippen LogP contribution in [0.15, 0.2) is 23.1 Å². The maximum Gasteiger partial charge on any atom is 0.342 e. The van der Waals surface area contributed by atoms with E-state index < -0.39 is 38.3 Å². The Morgan fingerprint density at radius 1 is 1.38 bits per heavy atom. The molecule has 0 amide bonds. The fourth-order valence-electron chi connectivity index (χ4n) is 3.16. The summed E-state index contributed by atoms with van der Waals surface area (Å²) < 4.78 is 46.4. The van der Waals surface area contributed by atoms with Gasteiger partial charge in [0.05, 0.1) is 12.0 Å². The topological polar surface area (TPSA) is 98.5 Å². The lowest BCUT2D eigenvalue weighted by Crippen LogP contribution is -2.46. The first kappa shape index (κ1) is 18.8. The number of esters is 1. The highest BCUT2D eigenvalue weighted by atomic mass is 32.2. The third kappa shape index (κ3) is 4.12. The van der Waals surface area contributed by atoms with E-state index in [1.165, 1.54) is 12.1 Å². The molecule has 1 saturated carbocycles. The minimum atomic E-state index is -4.10. The average molecular weight is 358 g/mol. The molecule has 0 aliphatic heterocycles. The van der Waals surface area contributed by atoms with Crippen LogP contribution in [-0.2, 0) is 14.8 Å². The first-order chi connectivity index (χ1) is 11.4. The van der Waals surface area contributed by atoms with Gasteiger partial charge in [0.25, 0.3) is 0 Å². The van der Waals surface area contributed by atoms with Crippen LogP contribution in [0.4, 0.5) is 4.39 Å². The van der Waals surface area contributed by atoms with Crippen molar-refractivity contribution in [3.63, 3.8) is 0 Å². The van der Waals surface area contributed by atoms with Gasteiger partial charge in [-0.15, -0.1) is 0 Å². The predicted octanol–water partition coefficient (Wildman–Crippen LogP) is 1.80. The van der Waals surface area contributed by atoms with E-state index in [9.17, 15) is 17.6 Å². The number of halogens is 1. The van der Waals surface area contributed by atoms with Gasteiger partial charge in [0.1, 0.15) is 11.4 Å². The van der Waals surface area contributed by atoms with Gasteiger partial charge >= 0.3 is 5.97 Å². The summed E-state index contributed by atoms with van der Waals surface area (Å²) in [6.45, 7) is 0.146. The highest BCUT2D eigenvalue weighted by molar-refractivity contribution is 7.89. The van der Waals surface area contributed by atoms with Crippen molar-refractivity contribution >= 4 is 16.0 Å². The number of hydrogen-bond donors (Lipinski definition) is 2. The van der Waals surface area contributed by atoms with E-state index in [1.54, 1.807) is 0 Å². The fraction of sp³-hybridized carbons (Fsp3) is 0.562. The first-order valence-corrected chi connectivity index (χ1v) is 9.48. The van der Waals surface area contributed by atoms with Gasteiger partial charge in [0.2, 0.25) is 10.0 Å². The van der Waals surface area contributed by atoms with Crippen molar-refractivity contribution in [2.45, 2.75) is 43.0 Å². The smallest absolute Gasteiger partial charge is 0.342 e. The Hall–Kier alpha value is -1.51. The quantitative estimate of drug-likeness (QED) is 0.756. The van der Waals surface area contributed by atoms with Gasteiger partial charge in [-0.05, 0) is 30.9 Å². The zero-order valence-corrected chi connectivity index (χ0v) is 14.4. The van der Waals surface area contributed by atoms with Crippen LogP contribution in [0.1, 0.15) is 42.5 Å². The standard InChI is InChI=1S/C16H23FN2O4S/c1-23-16(20)15-12(17)8-5-9-14(15)24(21,22)19-13(10-18)11-6-3-2-4-7-11/h5,8-9,11,13,19H,2-4,6-7,10,18H2,1H3. The summed E-state index contributed by atoms with van der Waals surface area (Å²) in [6, 6.07) is 3.01. The van der Waals surface area contributed by atoms with Gasteiger partial charge < -0.3 is 10.5 Å². The SMILES string of the molecule is COC(=O)c1c(F)cccc1S(=O)(=O)NC(CN)C1CCCCC1. The van der Waals surface area contributed by atoms with E-state index >= 15 is 0 Å². The zero-order valence-electron chi connectivity index (χ0n) is 13.6. The molecule has 1 aliphatic rings. The van der Waals surface area contributed by atoms with Gasteiger partial charge in [0, 0.05) is 12.6 Å². The zero-order chi connectivity index (χ0) is 17.7. The van der Waals surface area contributed by atoms with Crippen molar-refractivity contribution in [1.82, 2.24) is 4.72 Å². The van der Waals surface area contributed by atoms with Crippen molar-refractivity contribution in [3.05, 3.63) is 29.6 Å². The molecular formula is C16H23FN2O4S. The van der Waals surface area contributed by atoms with E-state index in [2.05, 4.69) is 9.46 Å². The van der Waals surface area contributed by atoms with Crippen molar-refractivity contribution in [1.29, 1.82) is 0 Å². The summed E-state index contributed by atoms with van der Waals surface area (Å²) in [6.07, 6.45) is 5.01. The third-order valence-electron chi connectivity index (χ3n) is 4.43. The van der Waals surface area contributed by atoms with Crippen LogP contribution in [0.3, 0.4) is 0 Å². The van der Waals surface area contributed by atoms with Crippen LogP contribution >= 0.6 is 0 Å². The van der Waals surface area contributed by atoms with Gasteiger partial charge in [-0.3, -0.25) is 0 Å². The second-order valence-corrected chi connectivity index (χ2v) is 7.65. The predicted molar refractivity (Wildman–Crippen MR) is 87.5 cm³/mol. The monoisotopic (exact) mass is 358 g/mol. The lowest BCUT2D eigenvalue weighted by molar-refractivity contribution is 0.0590. The van der Waals surface area contributed by atoms with Gasteiger partial charge in [0.15, 0.2) is 0 Å². The number of nitrogens with one attached hydrogen (secondary N) is 1. The Labute approximate surface area is 141 Å². The molecule has 1 unspecified atom stereocenters. The van der Waals surface area contributed by atoms with E-state index in [1.807, 2.05) is 0 Å². The van der Waals surface area contributed by atoms with E-state index in [4.69, 9.17) is 5.73 Å². The molecule has 1 aromatic carbocycles. The van der Waals surface area contributed by atoms with Crippen molar-refractivity contribution < 1.29 is 22.3 Å². The van der Waals surface area contributed by atoms with Crippen molar-refractivity contribution in [2.24, 2.45) is 11.7 Å². The maximum absolute atomic E-state index is 14.0. The van der Waals surface area contributed by atoms with E-state index in [-0.39, 0.29) is 12.5 Å². The number of ether oxygens (including phenoxy) is 1.